The maximum Gasteiger partial charge on any atom is 0.271 e. The topological polar surface area (TPSA) is 114 Å². The SMILES string of the molecule is COc1cc(/C=N/NC(=O)c2ccc(-c3csc(Nc4ccc(C)cc4)n3)cc2)cc(Br)c1OCC(=O)Nc1cccc(C)c1C. The number of benzene rings is 4. The lowest BCUT2D eigenvalue weighted by Crippen LogP contribution is -2.21. The summed E-state index contributed by atoms with van der Waals surface area (Å²) < 4.78 is 11.8. The van der Waals surface area contributed by atoms with Crippen molar-refractivity contribution < 1.29 is 19.1 Å². The molecule has 234 valence electrons. The van der Waals surface area contributed by atoms with Crippen molar-refractivity contribution in [2.24, 2.45) is 5.10 Å². The molecule has 9 nitrogen and oxygen atoms in total. The van der Waals surface area contributed by atoms with Crippen LogP contribution in [0.15, 0.2) is 93.8 Å². The number of hydrogen-bond donors (Lipinski definition) is 3. The fourth-order valence-electron chi connectivity index (χ4n) is 4.41. The number of nitrogens with zero attached hydrogens (tertiary/aromatic N) is 2. The molecule has 5 rings (SSSR count). The standard InChI is InChI=1S/C35H32BrN5O4S/c1-21-8-14-27(15-9-21)38-35-40-30(20-46-35)25-10-12-26(13-11-25)34(43)41-37-18-24-16-28(36)33(31(17-24)44-4)45-19-32(42)39-29-7-5-6-22(2)23(29)3/h5-18,20H,19H2,1-4H3,(H,38,40)(H,39,42)(H,41,43)/b37-18+. The van der Waals surface area contributed by atoms with Gasteiger partial charge in [-0.05, 0) is 95.9 Å². The first-order valence-corrected chi connectivity index (χ1v) is 16.0. The molecular weight excluding hydrogens is 666 g/mol. The first-order chi connectivity index (χ1) is 22.2. The molecule has 0 radical (unpaired) electrons. The number of ether oxygens (including phenoxy) is 2. The predicted molar refractivity (Wildman–Crippen MR) is 188 cm³/mol. The van der Waals surface area contributed by atoms with Gasteiger partial charge in [-0.3, -0.25) is 9.59 Å². The maximum atomic E-state index is 12.7. The molecule has 0 saturated heterocycles. The Hall–Kier alpha value is -5.00. The molecule has 0 aliphatic heterocycles. The number of aromatic nitrogens is 1. The highest BCUT2D eigenvalue weighted by atomic mass is 79.9. The van der Waals surface area contributed by atoms with Crippen molar-refractivity contribution in [2.75, 3.05) is 24.4 Å². The summed E-state index contributed by atoms with van der Waals surface area (Å²) in [7, 11) is 1.50. The van der Waals surface area contributed by atoms with Crippen LogP contribution < -0.4 is 25.5 Å². The minimum Gasteiger partial charge on any atom is -0.493 e. The molecule has 2 amide bonds. The Morgan fingerprint density at radius 3 is 2.50 bits per heavy atom. The van der Waals surface area contributed by atoms with Gasteiger partial charge in [0.1, 0.15) is 0 Å². The summed E-state index contributed by atoms with van der Waals surface area (Å²) in [5, 5.41) is 13.1. The Morgan fingerprint density at radius 1 is 1.00 bits per heavy atom. The predicted octanol–water partition coefficient (Wildman–Crippen LogP) is 8.03. The van der Waals surface area contributed by atoms with E-state index in [1.54, 1.807) is 24.3 Å². The first-order valence-electron chi connectivity index (χ1n) is 14.3. The number of amides is 2. The Bertz CT molecular complexity index is 1890. The highest BCUT2D eigenvalue weighted by Gasteiger charge is 2.15. The van der Waals surface area contributed by atoms with Crippen LogP contribution in [0.3, 0.4) is 0 Å². The fourth-order valence-corrected chi connectivity index (χ4v) is 5.73. The van der Waals surface area contributed by atoms with E-state index in [-0.39, 0.29) is 18.4 Å². The third kappa shape index (κ3) is 8.17. The minimum absolute atomic E-state index is 0.210. The second-order valence-electron chi connectivity index (χ2n) is 10.4. The normalized spacial score (nSPS) is 10.9. The zero-order valence-electron chi connectivity index (χ0n) is 25.7. The van der Waals surface area contributed by atoms with E-state index < -0.39 is 0 Å². The van der Waals surface area contributed by atoms with Gasteiger partial charge in [0.2, 0.25) is 0 Å². The summed E-state index contributed by atoms with van der Waals surface area (Å²) in [6.45, 7) is 5.78. The van der Waals surface area contributed by atoms with Crippen molar-refractivity contribution in [1.82, 2.24) is 10.4 Å². The third-order valence-corrected chi connectivity index (χ3v) is 8.45. The number of rotatable bonds is 11. The fraction of sp³-hybridized carbons (Fsp3) is 0.143. The number of carbonyl (C=O) groups is 2. The maximum absolute atomic E-state index is 12.7. The Kier molecular flexibility index (Phi) is 10.5. The summed E-state index contributed by atoms with van der Waals surface area (Å²) >= 11 is 5.00. The van der Waals surface area contributed by atoms with Crippen LogP contribution in [0.4, 0.5) is 16.5 Å². The minimum atomic E-state index is -0.358. The van der Waals surface area contributed by atoms with Gasteiger partial charge >= 0.3 is 0 Å². The average Bonchev–Trinajstić information content (AvgIpc) is 3.52. The molecule has 11 heteroatoms. The van der Waals surface area contributed by atoms with Gasteiger partial charge in [0.15, 0.2) is 23.2 Å². The summed E-state index contributed by atoms with van der Waals surface area (Å²) in [5.74, 6) is 0.119. The van der Waals surface area contributed by atoms with Gasteiger partial charge in [0.05, 0.1) is 23.5 Å². The van der Waals surface area contributed by atoms with Crippen molar-refractivity contribution in [3.63, 3.8) is 0 Å². The molecule has 0 spiro atoms. The number of aryl methyl sites for hydroxylation is 2. The van der Waals surface area contributed by atoms with E-state index in [1.807, 2.05) is 80.7 Å². The molecule has 0 bridgehead atoms. The van der Waals surface area contributed by atoms with Crippen LogP contribution in [-0.4, -0.2) is 36.7 Å². The number of thiazole rings is 1. The highest BCUT2D eigenvalue weighted by Crippen LogP contribution is 2.36. The molecule has 1 aromatic heterocycles. The van der Waals surface area contributed by atoms with E-state index in [0.717, 1.165) is 38.9 Å². The Morgan fingerprint density at radius 2 is 1.76 bits per heavy atom. The van der Waals surface area contributed by atoms with Crippen LogP contribution in [0.2, 0.25) is 0 Å². The second kappa shape index (κ2) is 14.9. The molecule has 3 N–H and O–H groups in total. The van der Waals surface area contributed by atoms with Gasteiger partial charge in [-0.15, -0.1) is 11.3 Å². The molecule has 0 saturated carbocycles. The second-order valence-corrected chi connectivity index (χ2v) is 12.1. The number of carbonyl (C=O) groups excluding carboxylic acids is 2. The lowest BCUT2D eigenvalue weighted by molar-refractivity contribution is -0.118. The molecule has 0 unspecified atom stereocenters. The van der Waals surface area contributed by atoms with Gasteiger partial charge < -0.3 is 20.1 Å². The van der Waals surface area contributed by atoms with Crippen LogP contribution in [0.1, 0.15) is 32.6 Å². The number of halogens is 1. The third-order valence-electron chi connectivity index (χ3n) is 7.11. The van der Waals surface area contributed by atoms with Crippen LogP contribution in [0, 0.1) is 20.8 Å². The highest BCUT2D eigenvalue weighted by molar-refractivity contribution is 9.10. The van der Waals surface area contributed by atoms with Crippen molar-refractivity contribution in [3.05, 3.63) is 117 Å². The van der Waals surface area contributed by atoms with Crippen molar-refractivity contribution >= 4 is 61.8 Å². The van der Waals surface area contributed by atoms with E-state index in [0.29, 0.717) is 27.1 Å². The zero-order valence-corrected chi connectivity index (χ0v) is 28.1. The number of methoxy groups -OCH3 is 1. The number of hydrogen-bond acceptors (Lipinski definition) is 8. The molecule has 5 aromatic rings. The monoisotopic (exact) mass is 697 g/mol. The van der Waals surface area contributed by atoms with Gasteiger partial charge in [-0.1, -0.05) is 42.0 Å². The molecule has 0 atom stereocenters. The van der Waals surface area contributed by atoms with Crippen LogP contribution in [0.5, 0.6) is 11.5 Å². The summed E-state index contributed by atoms with van der Waals surface area (Å²) in [5.41, 5.74) is 10.4. The quantitative estimate of drug-likeness (QED) is 0.0951. The summed E-state index contributed by atoms with van der Waals surface area (Å²) in [4.78, 5) is 30.0. The van der Waals surface area contributed by atoms with E-state index in [4.69, 9.17) is 9.47 Å². The van der Waals surface area contributed by atoms with Crippen molar-refractivity contribution in [2.45, 2.75) is 20.8 Å². The molecule has 4 aromatic carbocycles. The molecular formula is C35H32BrN5O4S. The van der Waals surface area contributed by atoms with Gasteiger partial charge in [-0.25, -0.2) is 10.4 Å². The van der Waals surface area contributed by atoms with E-state index in [9.17, 15) is 9.59 Å². The van der Waals surface area contributed by atoms with E-state index >= 15 is 0 Å². The van der Waals surface area contributed by atoms with Crippen LogP contribution in [-0.2, 0) is 4.79 Å². The molecule has 46 heavy (non-hydrogen) atoms. The Labute approximate surface area is 279 Å². The lowest BCUT2D eigenvalue weighted by atomic mass is 10.1. The van der Waals surface area contributed by atoms with Crippen LogP contribution in [0.25, 0.3) is 11.3 Å². The number of anilines is 3. The van der Waals surface area contributed by atoms with Gasteiger partial charge in [0.25, 0.3) is 11.8 Å². The summed E-state index contributed by atoms with van der Waals surface area (Å²) in [6, 6.07) is 24.5. The van der Waals surface area contributed by atoms with E-state index in [1.165, 1.54) is 30.2 Å². The largest absolute Gasteiger partial charge is 0.493 e. The van der Waals surface area contributed by atoms with Gasteiger partial charge in [0, 0.05) is 27.9 Å². The first kappa shape index (κ1) is 32.4. The molecule has 0 fully saturated rings. The number of hydrazone groups is 1. The molecule has 0 aliphatic carbocycles. The number of nitrogens with one attached hydrogen (secondary N) is 3. The lowest BCUT2D eigenvalue weighted by Gasteiger charge is -2.14. The smallest absolute Gasteiger partial charge is 0.271 e. The van der Waals surface area contributed by atoms with E-state index in [2.05, 4.69) is 42.1 Å². The average molecular weight is 699 g/mol. The van der Waals surface area contributed by atoms with Gasteiger partial charge in [-0.2, -0.15) is 5.10 Å². The van der Waals surface area contributed by atoms with Crippen molar-refractivity contribution in [3.8, 4) is 22.8 Å². The molecule has 1 heterocycles. The Balaban J connectivity index is 1.16. The van der Waals surface area contributed by atoms with Crippen molar-refractivity contribution in [1.29, 1.82) is 0 Å². The molecule has 0 aliphatic rings. The summed E-state index contributed by atoms with van der Waals surface area (Å²) in [6.07, 6.45) is 1.49. The van der Waals surface area contributed by atoms with Crippen LogP contribution >= 0.6 is 27.3 Å². The zero-order chi connectivity index (χ0) is 32.6.